The number of alkyl halides is 3. The Hall–Kier alpha value is -2.77. The molecular weight excluding hydrogens is 339 g/mol. The zero-order chi connectivity index (χ0) is 18.0. The van der Waals surface area contributed by atoms with E-state index in [0.29, 0.717) is 12.2 Å². The van der Waals surface area contributed by atoms with Gasteiger partial charge < -0.3 is 14.5 Å². The molecule has 0 spiro atoms. The van der Waals surface area contributed by atoms with Crippen LogP contribution in [0.3, 0.4) is 0 Å². The molecule has 1 heterocycles. The molecule has 132 valence electrons. The molecule has 2 atom stereocenters. The van der Waals surface area contributed by atoms with Gasteiger partial charge in [-0.2, -0.15) is 13.2 Å². The lowest BCUT2D eigenvalue weighted by Crippen LogP contribution is -2.21. The van der Waals surface area contributed by atoms with Crippen molar-refractivity contribution in [1.29, 1.82) is 0 Å². The van der Waals surface area contributed by atoms with E-state index < -0.39 is 30.2 Å². The highest BCUT2D eigenvalue weighted by Crippen LogP contribution is 2.48. The lowest BCUT2D eigenvalue weighted by molar-refractivity contribution is -0.148. The van der Waals surface area contributed by atoms with Crippen molar-refractivity contribution >= 4 is 17.6 Å². The Balaban J connectivity index is 1.45. The highest BCUT2D eigenvalue weighted by atomic mass is 19.4. The lowest BCUT2D eigenvalue weighted by atomic mass is 10.2. The molecule has 1 N–H and O–H groups in total. The van der Waals surface area contributed by atoms with Crippen LogP contribution in [0.2, 0.25) is 0 Å². The lowest BCUT2D eigenvalue weighted by Gasteiger charge is -2.09. The van der Waals surface area contributed by atoms with Gasteiger partial charge in [0.1, 0.15) is 5.76 Å². The van der Waals surface area contributed by atoms with Crippen LogP contribution in [0.5, 0.6) is 0 Å². The van der Waals surface area contributed by atoms with E-state index in [2.05, 4.69) is 5.32 Å². The second-order valence-electron chi connectivity index (χ2n) is 5.70. The molecule has 0 saturated heterocycles. The molecule has 1 aromatic heterocycles. The van der Waals surface area contributed by atoms with Gasteiger partial charge >= 0.3 is 12.1 Å². The van der Waals surface area contributed by atoms with Crippen LogP contribution >= 0.6 is 0 Å². The van der Waals surface area contributed by atoms with Crippen molar-refractivity contribution in [3.63, 3.8) is 0 Å². The second-order valence-corrected chi connectivity index (χ2v) is 5.70. The third kappa shape index (κ3) is 4.20. The molecule has 0 aliphatic heterocycles. The zero-order valence-corrected chi connectivity index (χ0v) is 12.9. The summed E-state index contributed by atoms with van der Waals surface area (Å²) < 4.78 is 47.5. The molecule has 1 fully saturated rings. The van der Waals surface area contributed by atoms with Crippen LogP contribution in [-0.4, -0.2) is 18.5 Å². The predicted molar refractivity (Wildman–Crippen MR) is 80.6 cm³/mol. The fraction of sp³-hybridized carbons (Fsp3) is 0.294. The molecule has 25 heavy (non-hydrogen) atoms. The summed E-state index contributed by atoms with van der Waals surface area (Å²) in [7, 11) is 0. The topological polar surface area (TPSA) is 68.5 Å². The average molecular weight is 353 g/mol. The molecule has 1 amide bonds. The van der Waals surface area contributed by atoms with E-state index in [1.807, 2.05) is 0 Å². The molecule has 3 rings (SSSR count). The molecule has 0 radical (unpaired) electrons. The van der Waals surface area contributed by atoms with Gasteiger partial charge in [0.2, 0.25) is 0 Å². The summed E-state index contributed by atoms with van der Waals surface area (Å²) in [6.07, 6.45) is -2.31. The first-order valence-corrected chi connectivity index (χ1v) is 7.52. The fourth-order valence-electron chi connectivity index (χ4n) is 2.46. The summed E-state index contributed by atoms with van der Waals surface area (Å²) >= 11 is 0. The van der Waals surface area contributed by atoms with Gasteiger partial charge in [0.05, 0.1) is 17.7 Å². The average Bonchev–Trinajstić information content (AvgIpc) is 3.18. The number of hydrogen-bond donors (Lipinski definition) is 1. The summed E-state index contributed by atoms with van der Waals surface area (Å²) in [5, 5.41) is 2.37. The number of benzene rings is 1. The van der Waals surface area contributed by atoms with Gasteiger partial charge in [-0.1, -0.05) is 0 Å². The van der Waals surface area contributed by atoms with E-state index >= 15 is 0 Å². The first kappa shape index (κ1) is 17.1. The second kappa shape index (κ2) is 6.62. The van der Waals surface area contributed by atoms with Crippen molar-refractivity contribution in [3.8, 4) is 0 Å². The molecule has 0 bridgehead atoms. The summed E-state index contributed by atoms with van der Waals surface area (Å²) in [4.78, 5) is 23.6. The number of hydrogen-bond acceptors (Lipinski definition) is 4. The minimum atomic E-state index is -4.44. The number of nitrogens with one attached hydrogen (secondary N) is 1. The first-order valence-electron chi connectivity index (χ1n) is 7.52. The van der Waals surface area contributed by atoms with Gasteiger partial charge in [-0.15, -0.1) is 0 Å². The van der Waals surface area contributed by atoms with Crippen LogP contribution in [0.4, 0.5) is 18.9 Å². The van der Waals surface area contributed by atoms with Crippen molar-refractivity contribution in [2.24, 2.45) is 5.92 Å². The van der Waals surface area contributed by atoms with Gasteiger partial charge in [0.25, 0.3) is 5.91 Å². The van der Waals surface area contributed by atoms with E-state index in [1.165, 1.54) is 6.26 Å². The number of esters is 1. The van der Waals surface area contributed by atoms with Gasteiger partial charge in [-0.3, -0.25) is 9.59 Å². The minimum absolute atomic E-state index is 0.0273. The summed E-state index contributed by atoms with van der Waals surface area (Å²) in [5.74, 6) is -0.770. The van der Waals surface area contributed by atoms with Crippen LogP contribution in [0, 0.1) is 5.92 Å². The zero-order valence-electron chi connectivity index (χ0n) is 12.9. The smallest absolute Gasteiger partial charge is 0.416 e. The molecule has 0 unspecified atom stereocenters. The molecule has 8 heteroatoms. The summed E-state index contributed by atoms with van der Waals surface area (Å²) in [6, 6.07) is 7.50. The summed E-state index contributed by atoms with van der Waals surface area (Å²) in [6.45, 7) is -0.499. The normalized spacial score (nSPS) is 19.3. The number of carbonyl (C=O) groups excluding carboxylic acids is 2. The maximum absolute atomic E-state index is 12.5. The van der Waals surface area contributed by atoms with Crippen LogP contribution < -0.4 is 5.32 Å². The number of rotatable bonds is 5. The largest absolute Gasteiger partial charge is 0.469 e. The van der Waals surface area contributed by atoms with Crippen LogP contribution in [0.1, 0.15) is 23.7 Å². The number of anilines is 1. The molecule has 1 aliphatic carbocycles. The van der Waals surface area contributed by atoms with E-state index in [4.69, 9.17) is 9.15 Å². The van der Waals surface area contributed by atoms with Crippen molar-refractivity contribution in [2.75, 3.05) is 11.9 Å². The number of amides is 1. The number of halogens is 3. The molecular formula is C17H14F3NO4. The first-order chi connectivity index (χ1) is 11.8. The number of carbonyl (C=O) groups is 2. The van der Waals surface area contributed by atoms with Crippen LogP contribution in [0.25, 0.3) is 0 Å². The Morgan fingerprint density at radius 2 is 1.92 bits per heavy atom. The van der Waals surface area contributed by atoms with Crippen LogP contribution in [0.15, 0.2) is 47.1 Å². The molecule has 2 aromatic rings. The van der Waals surface area contributed by atoms with E-state index in [1.54, 1.807) is 12.1 Å². The third-order valence-corrected chi connectivity index (χ3v) is 3.84. The van der Waals surface area contributed by atoms with E-state index in [0.717, 1.165) is 24.3 Å². The van der Waals surface area contributed by atoms with Crippen molar-refractivity contribution < 1.29 is 31.9 Å². The van der Waals surface area contributed by atoms with Gasteiger partial charge in [-0.25, -0.2) is 0 Å². The highest BCUT2D eigenvalue weighted by Gasteiger charge is 2.47. The Kier molecular flexibility index (Phi) is 4.52. The minimum Gasteiger partial charge on any atom is -0.469 e. The maximum atomic E-state index is 12.5. The van der Waals surface area contributed by atoms with Gasteiger partial charge in [-0.05, 0) is 42.8 Å². The Bertz CT molecular complexity index is 753. The SMILES string of the molecule is O=C(COC(=O)[C@H]1C[C@H]1c1ccco1)Nc1ccc(C(F)(F)F)cc1. The van der Waals surface area contributed by atoms with Gasteiger partial charge in [0.15, 0.2) is 6.61 Å². The van der Waals surface area contributed by atoms with Crippen molar-refractivity contribution in [2.45, 2.75) is 18.5 Å². The Morgan fingerprint density at radius 1 is 1.20 bits per heavy atom. The fourth-order valence-corrected chi connectivity index (χ4v) is 2.46. The van der Waals surface area contributed by atoms with Crippen molar-refractivity contribution in [1.82, 2.24) is 0 Å². The highest BCUT2D eigenvalue weighted by molar-refractivity contribution is 5.93. The number of ether oxygens (including phenoxy) is 1. The molecule has 1 saturated carbocycles. The molecule has 5 nitrogen and oxygen atoms in total. The quantitative estimate of drug-likeness (QED) is 0.834. The Labute approximate surface area is 140 Å². The monoisotopic (exact) mass is 353 g/mol. The standard InChI is InChI=1S/C17H14F3NO4/c18-17(19,20)10-3-5-11(6-4-10)21-15(22)9-25-16(23)13-8-12(13)14-2-1-7-24-14/h1-7,12-13H,8-9H2,(H,21,22)/t12-,13+/m1/s1. The molecule has 1 aromatic carbocycles. The number of furan rings is 1. The Morgan fingerprint density at radius 3 is 2.52 bits per heavy atom. The summed E-state index contributed by atoms with van der Waals surface area (Å²) in [5.41, 5.74) is -0.622. The third-order valence-electron chi connectivity index (χ3n) is 3.84. The van der Waals surface area contributed by atoms with Gasteiger partial charge in [0, 0.05) is 11.6 Å². The van der Waals surface area contributed by atoms with E-state index in [9.17, 15) is 22.8 Å². The van der Waals surface area contributed by atoms with Crippen LogP contribution in [-0.2, 0) is 20.5 Å². The van der Waals surface area contributed by atoms with Crippen molar-refractivity contribution in [3.05, 3.63) is 54.0 Å². The maximum Gasteiger partial charge on any atom is 0.416 e. The van der Waals surface area contributed by atoms with E-state index in [-0.39, 0.29) is 17.5 Å². The molecule has 1 aliphatic rings. The predicted octanol–water partition coefficient (Wildman–Crippen LogP) is 3.58.